The number of nitrogens with one attached hydrogen (secondary N) is 2. The van der Waals surface area contributed by atoms with E-state index in [1.807, 2.05) is 48.5 Å². The minimum absolute atomic E-state index is 0.0646. The number of carbonyl (C=O) groups excluding carboxylic acids is 1. The molecule has 3 aromatic rings. The number of nitrogens with zero attached hydrogens (tertiary/aromatic N) is 1. The summed E-state index contributed by atoms with van der Waals surface area (Å²) in [6.45, 7) is 0.511. The van der Waals surface area contributed by atoms with Gasteiger partial charge in [-0.3, -0.25) is 0 Å². The van der Waals surface area contributed by atoms with E-state index in [2.05, 4.69) is 10.1 Å². The highest BCUT2D eigenvalue weighted by atomic mass is 32.2. The minimum Gasteiger partial charge on any atom is -0.334 e. The largest absolute Gasteiger partial charge is 0.334 e. The summed E-state index contributed by atoms with van der Waals surface area (Å²) >= 11 is 0. The predicted molar refractivity (Wildman–Crippen MR) is 125 cm³/mol. The van der Waals surface area contributed by atoms with Crippen LogP contribution in [-0.2, 0) is 23.1 Å². The van der Waals surface area contributed by atoms with Gasteiger partial charge in [0.15, 0.2) is 0 Å². The average Bonchev–Trinajstić information content (AvgIpc) is 3.31. The van der Waals surface area contributed by atoms with Crippen molar-refractivity contribution in [3.63, 3.8) is 0 Å². The molecule has 168 valence electrons. The van der Waals surface area contributed by atoms with Crippen molar-refractivity contribution in [1.29, 1.82) is 0 Å². The van der Waals surface area contributed by atoms with Gasteiger partial charge in [-0.1, -0.05) is 67.4 Å². The van der Waals surface area contributed by atoms with Crippen molar-refractivity contribution in [3.05, 3.63) is 77.9 Å². The molecule has 1 aliphatic carbocycles. The van der Waals surface area contributed by atoms with Crippen LogP contribution in [0.4, 0.5) is 4.79 Å². The third kappa shape index (κ3) is 5.27. The number of carbonyl (C=O) groups is 1. The van der Waals surface area contributed by atoms with Crippen molar-refractivity contribution in [1.82, 2.24) is 15.2 Å². The normalized spacial score (nSPS) is 14.5. The van der Waals surface area contributed by atoms with Crippen LogP contribution in [0.1, 0.15) is 36.8 Å². The van der Waals surface area contributed by atoms with E-state index in [4.69, 9.17) is 5.73 Å². The number of benzene rings is 3. The summed E-state index contributed by atoms with van der Waals surface area (Å²) < 4.78 is 26.3. The fourth-order valence-corrected chi connectivity index (χ4v) is 5.04. The van der Waals surface area contributed by atoms with Crippen LogP contribution in [0.25, 0.3) is 10.8 Å². The Labute approximate surface area is 188 Å². The van der Waals surface area contributed by atoms with Gasteiger partial charge in [0.1, 0.15) is 0 Å². The number of hydrogen-bond acceptors (Lipinski definition) is 4. The van der Waals surface area contributed by atoms with Crippen LogP contribution in [0, 0.1) is 0 Å². The molecule has 0 heterocycles. The molecule has 4 N–H and O–H groups in total. The Hall–Kier alpha value is -2.94. The standard InChI is InChI=1S/C24H28N4O3S/c25-16-18-9-11-19(12-10-18)17-28(24(29)26-22-7-3-4-8-22)27-32(30,31)23-14-13-20-5-1-2-6-21(20)15-23/h1-2,5-6,9-15,22,27H,3-4,7-8,16-17,25H2,(H,26,29). The van der Waals surface area contributed by atoms with Gasteiger partial charge in [-0.2, -0.15) is 0 Å². The first-order chi connectivity index (χ1) is 15.4. The lowest BCUT2D eigenvalue weighted by atomic mass is 10.1. The number of hydrazine groups is 1. The maximum absolute atomic E-state index is 13.2. The highest BCUT2D eigenvalue weighted by molar-refractivity contribution is 7.89. The Bertz CT molecular complexity index is 1190. The summed E-state index contributed by atoms with van der Waals surface area (Å²) in [5.74, 6) is 0. The number of sulfonamides is 1. The van der Waals surface area contributed by atoms with E-state index >= 15 is 0 Å². The molecular weight excluding hydrogens is 424 g/mol. The molecule has 0 bridgehead atoms. The van der Waals surface area contributed by atoms with Gasteiger partial charge in [-0.05, 0) is 46.9 Å². The van der Waals surface area contributed by atoms with Crippen molar-refractivity contribution < 1.29 is 13.2 Å². The highest BCUT2D eigenvalue weighted by Crippen LogP contribution is 2.20. The maximum Gasteiger partial charge on any atom is 0.333 e. The Kier molecular flexibility index (Phi) is 6.74. The number of rotatable bonds is 7. The molecule has 1 saturated carbocycles. The van der Waals surface area contributed by atoms with Gasteiger partial charge >= 0.3 is 6.03 Å². The highest BCUT2D eigenvalue weighted by Gasteiger charge is 2.26. The van der Waals surface area contributed by atoms with Crippen LogP contribution in [0.3, 0.4) is 0 Å². The Balaban J connectivity index is 1.58. The van der Waals surface area contributed by atoms with Crippen LogP contribution in [0.2, 0.25) is 0 Å². The fraction of sp³-hybridized carbons (Fsp3) is 0.292. The number of urea groups is 1. The van der Waals surface area contributed by atoms with Crippen LogP contribution in [-0.4, -0.2) is 25.5 Å². The molecule has 3 aromatic carbocycles. The number of fused-ring (bicyclic) bond motifs is 1. The molecule has 32 heavy (non-hydrogen) atoms. The minimum atomic E-state index is -3.97. The Morgan fingerprint density at radius 1 is 0.938 bits per heavy atom. The first-order valence-electron chi connectivity index (χ1n) is 10.8. The van der Waals surface area contributed by atoms with Gasteiger partial charge in [0.25, 0.3) is 10.0 Å². The lowest BCUT2D eigenvalue weighted by molar-refractivity contribution is 0.181. The molecule has 1 aliphatic rings. The summed E-state index contributed by atoms with van der Waals surface area (Å²) in [4.78, 5) is 15.6. The summed E-state index contributed by atoms with van der Waals surface area (Å²) in [6, 6.07) is 19.5. The van der Waals surface area contributed by atoms with Crippen LogP contribution < -0.4 is 15.9 Å². The molecule has 0 aromatic heterocycles. The predicted octanol–water partition coefficient (Wildman–Crippen LogP) is 3.65. The topological polar surface area (TPSA) is 105 Å². The first-order valence-corrected chi connectivity index (χ1v) is 12.3. The molecule has 0 spiro atoms. The van der Waals surface area contributed by atoms with E-state index in [1.165, 1.54) is 0 Å². The smallest absolute Gasteiger partial charge is 0.333 e. The molecule has 8 heteroatoms. The summed E-state index contributed by atoms with van der Waals surface area (Å²) in [7, 11) is -3.97. The van der Waals surface area contributed by atoms with Crippen molar-refractivity contribution in [3.8, 4) is 0 Å². The summed E-state index contributed by atoms with van der Waals surface area (Å²) in [5, 5.41) is 5.87. The monoisotopic (exact) mass is 452 g/mol. The first kappa shape index (κ1) is 22.3. The van der Waals surface area contributed by atoms with Crippen LogP contribution >= 0.6 is 0 Å². The van der Waals surface area contributed by atoms with Gasteiger partial charge in [-0.15, -0.1) is 4.83 Å². The number of amides is 2. The third-order valence-electron chi connectivity index (χ3n) is 5.79. The molecule has 0 unspecified atom stereocenters. The molecule has 4 rings (SSSR count). The van der Waals surface area contributed by atoms with Gasteiger partial charge in [0, 0.05) is 12.6 Å². The van der Waals surface area contributed by atoms with Gasteiger partial charge < -0.3 is 11.1 Å². The lowest BCUT2D eigenvalue weighted by Crippen LogP contribution is -2.52. The second kappa shape index (κ2) is 9.68. The number of hydrogen-bond donors (Lipinski definition) is 3. The van der Waals surface area contributed by atoms with Gasteiger partial charge in [0.05, 0.1) is 11.4 Å². The Morgan fingerprint density at radius 2 is 1.59 bits per heavy atom. The zero-order valence-electron chi connectivity index (χ0n) is 17.8. The maximum atomic E-state index is 13.2. The SMILES string of the molecule is NCc1ccc(CN(NS(=O)(=O)c2ccc3ccccc3c2)C(=O)NC2CCCC2)cc1. The van der Waals surface area contributed by atoms with Gasteiger partial charge in [-0.25, -0.2) is 18.2 Å². The quantitative estimate of drug-likeness (QED) is 0.476. The molecule has 0 radical (unpaired) electrons. The fourth-order valence-electron chi connectivity index (χ4n) is 3.96. The average molecular weight is 453 g/mol. The molecule has 0 atom stereocenters. The third-order valence-corrected chi connectivity index (χ3v) is 7.12. The second-order valence-corrected chi connectivity index (χ2v) is 9.80. The van der Waals surface area contributed by atoms with E-state index in [1.54, 1.807) is 18.2 Å². The van der Waals surface area contributed by atoms with Crippen molar-refractivity contribution in [2.75, 3.05) is 0 Å². The van der Waals surface area contributed by atoms with Crippen LogP contribution in [0.15, 0.2) is 71.6 Å². The molecule has 7 nitrogen and oxygen atoms in total. The number of nitrogens with two attached hydrogens (primary N) is 1. The molecule has 0 saturated heterocycles. The summed E-state index contributed by atoms with van der Waals surface area (Å²) in [6.07, 6.45) is 3.94. The molecular formula is C24H28N4O3S. The lowest BCUT2D eigenvalue weighted by Gasteiger charge is -2.25. The van der Waals surface area contributed by atoms with Gasteiger partial charge in [0.2, 0.25) is 0 Å². The second-order valence-electron chi connectivity index (χ2n) is 8.14. The molecule has 1 fully saturated rings. The van der Waals surface area contributed by atoms with Crippen molar-refractivity contribution in [2.24, 2.45) is 5.73 Å². The van der Waals surface area contributed by atoms with E-state index in [9.17, 15) is 13.2 Å². The van der Waals surface area contributed by atoms with E-state index < -0.39 is 16.1 Å². The molecule has 2 amide bonds. The molecule has 0 aliphatic heterocycles. The van der Waals surface area contributed by atoms with Crippen molar-refractivity contribution in [2.45, 2.75) is 49.7 Å². The zero-order valence-corrected chi connectivity index (χ0v) is 18.6. The van der Waals surface area contributed by atoms with E-state index in [-0.39, 0.29) is 17.5 Å². The van der Waals surface area contributed by atoms with E-state index in [0.29, 0.717) is 6.54 Å². The summed E-state index contributed by atoms with van der Waals surface area (Å²) in [5.41, 5.74) is 7.42. The van der Waals surface area contributed by atoms with Crippen LogP contribution in [0.5, 0.6) is 0 Å². The zero-order chi connectivity index (χ0) is 22.6. The van der Waals surface area contributed by atoms with Crippen molar-refractivity contribution >= 4 is 26.8 Å². The van der Waals surface area contributed by atoms with E-state index in [0.717, 1.165) is 52.6 Å². The Morgan fingerprint density at radius 3 is 2.28 bits per heavy atom.